The molecule has 0 bridgehead atoms. The van der Waals surface area contributed by atoms with Gasteiger partial charge in [0, 0.05) is 37.1 Å². The van der Waals surface area contributed by atoms with E-state index < -0.39 is 6.09 Å². The zero-order valence-corrected chi connectivity index (χ0v) is 18.4. The fourth-order valence-electron chi connectivity index (χ4n) is 4.60. The van der Waals surface area contributed by atoms with Crippen molar-refractivity contribution in [2.75, 3.05) is 23.3 Å². The van der Waals surface area contributed by atoms with E-state index in [1.165, 1.54) is 0 Å². The molecule has 1 atom stereocenters. The molecule has 2 aromatic heterocycles. The molecule has 3 heterocycles. The Bertz CT molecular complexity index is 883. The van der Waals surface area contributed by atoms with Crippen molar-refractivity contribution in [3.8, 4) is 0 Å². The highest BCUT2D eigenvalue weighted by Gasteiger charge is 2.29. The van der Waals surface area contributed by atoms with Crippen LogP contribution in [0.5, 0.6) is 0 Å². The molecule has 3 rings (SSSR count). The van der Waals surface area contributed by atoms with Crippen molar-refractivity contribution in [3.63, 3.8) is 0 Å². The number of amides is 1. The maximum atomic E-state index is 11.0. The zero-order chi connectivity index (χ0) is 21.4. The van der Waals surface area contributed by atoms with Gasteiger partial charge in [0.2, 0.25) is 0 Å². The fourth-order valence-corrected chi connectivity index (χ4v) is 4.60. The maximum Gasteiger partial charge on any atom is 0.404 e. The van der Waals surface area contributed by atoms with E-state index in [1.54, 1.807) is 6.20 Å². The molecule has 0 radical (unpaired) electrons. The quantitative estimate of drug-likeness (QED) is 0.702. The third kappa shape index (κ3) is 5.10. The van der Waals surface area contributed by atoms with Gasteiger partial charge in [-0.1, -0.05) is 20.8 Å². The summed E-state index contributed by atoms with van der Waals surface area (Å²) in [4.78, 5) is 22.6. The highest BCUT2D eigenvalue weighted by Crippen LogP contribution is 2.32. The average molecular weight is 403 g/mol. The van der Waals surface area contributed by atoms with Crippen molar-refractivity contribution in [1.82, 2.24) is 19.7 Å². The minimum atomic E-state index is -0.979. The number of piperidine rings is 1. The molecule has 0 aliphatic carbocycles. The Labute approximate surface area is 172 Å². The molecule has 8 nitrogen and oxygen atoms in total. The van der Waals surface area contributed by atoms with Gasteiger partial charge in [0.15, 0.2) is 11.5 Å². The molecular weight excluding hydrogens is 368 g/mol. The summed E-state index contributed by atoms with van der Waals surface area (Å²) in [6, 6.07) is -0.0947. The van der Waals surface area contributed by atoms with Crippen LogP contribution in [0.1, 0.15) is 59.6 Å². The Balaban J connectivity index is 1.91. The van der Waals surface area contributed by atoms with Crippen LogP contribution in [0.2, 0.25) is 0 Å². The second-order valence-electron chi connectivity index (χ2n) is 9.97. The first-order valence-electron chi connectivity index (χ1n) is 10.3. The summed E-state index contributed by atoms with van der Waals surface area (Å²) in [5, 5.41) is 15.4. The monoisotopic (exact) mass is 402 g/mol. The highest BCUT2D eigenvalue weighted by molar-refractivity contribution is 5.70. The van der Waals surface area contributed by atoms with Gasteiger partial charge in [-0.05, 0) is 45.4 Å². The van der Waals surface area contributed by atoms with Crippen molar-refractivity contribution >= 4 is 23.4 Å². The van der Waals surface area contributed by atoms with Gasteiger partial charge >= 0.3 is 6.09 Å². The zero-order valence-electron chi connectivity index (χ0n) is 18.4. The van der Waals surface area contributed by atoms with Crippen LogP contribution in [-0.4, -0.2) is 50.2 Å². The minimum Gasteiger partial charge on any atom is -0.465 e. The normalized spacial score (nSPS) is 18.1. The van der Waals surface area contributed by atoms with Crippen LogP contribution in [-0.2, 0) is 0 Å². The van der Waals surface area contributed by atoms with E-state index in [2.05, 4.69) is 59.5 Å². The molecule has 0 unspecified atom stereocenters. The highest BCUT2D eigenvalue weighted by atomic mass is 16.4. The Hall–Kier alpha value is -2.51. The van der Waals surface area contributed by atoms with Crippen LogP contribution in [0.25, 0.3) is 5.65 Å². The minimum absolute atomic E-state index is 0.0932. The number of aromatic nitrogens is 3. The predicted octanol–water partition coefficient (Wildman–Crippen LogP) is 3.90. The van der Waals surface area contributed by atoms with Gasteiger partial charge in [-0.25, -0.2) is 14.8 Å². The van der Waals surface area contributed by atoms with Gasteiger partial charge in [-0.2, -0.15) is 0 Å². The molecule has 1 aliphatic heterocycles. The van der Waals surface area contributed by atoms with Crippen LogP contribution in [0, 0.1) is 12.3 Å². The van der Waals surface area contributed by atoms with Crippen molar-refractivity contribution < 1.29 is 9.90 Å². The Morgan fingerprint density at radius 2 is 2.03 bits per heavy atom. The molecule has 0 aromatic carbocycles. The third-order valence-corrected chi connectivity index (χ3v) is 5.18. The van der Waals surface area contributed by atoms with Gasteiger partial charge in [0.05, 0.1) is 5.69 Å². The number of rotatable bonds is 5. The van der Waals surface area contributed by atoms with Crippen LogP contribution in [0.4, 0.5) is 16.4 Å². The lowest BCUT2D eigenvalue weighted by Crippen LogP contribution is -2.47. The molecule has 0 saturated carbocycles. The lowest BCUT2D eigenvalue weighted by Gasteiger charge is -2.34. The molecule has 1 saturated heterocycles. The number of imidazole rings is 1. The SMILES string of the molecule is Cc1nc2c(N3CCC[C@@H](NC(=O)O)C3)nccn2c1NC(C)(C)CC(C)(C)C. The van der Waals surface area contributed by atoms with Crippen LogP contribution in [0.15, 0.2) is 12.4 Å². The van der Waals surface area contributed by atoms with E-state index in [1.807, 2.05) is 13.1 Å². The summed E-state index contributed by atoms with van der Waals surface area (Å²) in [5.41, 5.74) is 1.84. The maximum absolute atomic E-state index is 11.0. The molecule has 8 heteroatoms. The van der Waals surface area contributed by atoms with Crippen molar-refractivity contribution in [2.24, 2.45) is 5.41 Å². The predicted molar refractivity (Wildman–Crippen MR) is 116 cm³/mol. The second kappa shape index (κ2) is 7.72. The molecule has 0 spiro atoms. The number of fused-ring (bicyclic) bond motifs is 1. The topological polar surface area (TPSA) is 94.8 Å². The van der Waals surface area contributed by atoms with Crippen LogP contribution >= 0.6 is 0 Å². The van der Waals surface area contributed by atoms with Crippen LogP contribution < -0.4 is 15.5 Å². The average Bonchev–Trinajstić information content (AvgIpc) is 2.87. The number of aryl methyl sites for hydroxylation is 1. The van der Waals surface area contributed by atoms with E-state index >= 15 is 0 Å². The van der Waals surface area contributed by atoms with Crippen molar-refractivity contribution in [1.29, 1.82) is 0 Å². The molecule has 2 aromatic rings. The van der Waals surface area contributed by atoms with E-state index in [-0.39, 0.29) is 17.0 Å². The largest absolute Gasteiger partial charge is 0.465 e. The lowest BCUT2D eigenvalue weighted by atomic mass is 9.82. The molecule has 160 valence electrons. The van der Waals surface area contributed by atoms with Crippen molar-refractivity contribution in [3.05, 3.63) is 18.1 Å². The molecule has 1 aliphatic rings. The van der Waals surface area contributed by atoms with Gasteiger partial charge in [0.25, 0.3) is 0 Å². The number of anilines is 2. The third-order valence-electron chi connectivity index (χ3n) is 5.18. The summed E-state index contributed by atoms with van der Waals surface area (Å²) in [5.74, 6) is 1.78. The molecular formula is C21H34N6O2. The molecule has 3 N–H and O–H groups in total. The summed E-state index contributed by atoms with van der Waals surface area (Å²) in [6.45, 7) is 14.6. The molecule has 1 amide bonds. The van der Waals surface area contributed by atoms with E-state index in [0.717, 1.165) is 48.8 Å². The smallest absolute Gasteiger partial charge is 0.404 e. The lowest BCUT2D eigenvalue weighted by molar-refractivity contribution is 0.188. The molecule has 1 fully saturated rings. The van der Waals surface area contributed by atoms with Gasteiger partial charge in [0.1, 0.15) is 5.82 Å². The number of hydrogen-bond donors (Lipinski definition) is 3. The number of nitrogens with zero attached hydrogens (tertiary/aromatic N) is 4. The number of nitrogens with one attached hydrogen (secondary N) is 2. The second-order valence-corrected chi connectivity index (χ2v) is 9.97. The Morgan fingerprint density at radius 3 is 2.69 bits per heavy atom. The van der Waals surface area contributed by atoms with Gasteiger partial charge < -0.3 is 20.6 Å². The number of carbonyl (C=O) groups is 1. The van der Waals surface area contributed by atoms with Gasteiger partial charge in [-0.15, -0.1) is 0 Å². The Kier molecular flexibility index (Phi) is 5.65. The van der Waals surface area contributed by atoms with Gasteiger partial charge in [-0.3, -0.25) is 4.40 Å². The Morgan fingerprint density at radius 1 is 1.31 bits per heavy atom. The first kappa shape index (κ1) is 21.2. The number of hydrogen-bond acceptors (Lipinski definition) is 5. The first-order chi connectivity index (χ1) is 13.5. The van der Waals surface area contributed by atoms with Crippen LogP contribution in [0.3, 0.4) is 0 Å². The number of carboxylic acid groups (broad SMARTS) is 1. The molecule has 29 heavy (non-hydrogen) atoms. The first-order valence-corrected chi connectivity index (χ1v) is 10.3. The summed E-state index contributed by atoms with van der Waals surface area (Å²) < 4.78 is 2.07. The summed E-state index contributed by atoms with van der Waals surface area (Å²) >= 11 is 0. The fraction of sp³-hybridized carbons (Fsp3) is 0.667. The van der Waals surface area contributed by atoms with E-state index in [0.29, 0.717) is 6.54 Å². The summed E-state index contributed by atoms with van der Waals surface area (Å²) in [6.07, 6.45) is 5.52. The summed E-state index contributed by atoms with van der Waals surface area (Å²) in [7, 11) is 0. The van der Waals surface area contributed by atoms with Crippen molar-refractivity contribution in [2.45, 2.75) is 72.4 Å². The van der Waals surface area contributed by atoms with E-state index in [4.69, 9.17) is 10.1 Å². The standard InChI is InChI=1S/C21H34N6O2/c1-14-16(25-21(5,6)13-20(2,3)4)27-11-9-22-17(18(27)23-14)26-10-7-8-15(12-26)24-19(28)29/h9,11,15,24-25H,7-8,10,12-13H2,1-6H3,(H,28,29)/t15-/m1/s1. The van der Waals surface area contributed by atoms with E-state index in [9.17, 15) is 4.79 Å².